The van der Waals surface area contributed by atoms with Gasteiger partial charge in [0.2, 0.25) is 0 Å². The summed E-state index contributed by atoms with van der Waals surface area (Å²) in [5.41, 5.74) is 0.452. The second-order valence-corrected chi connectivity index (χ2v) is 6.66. The Kier molecular flexibility index (Phi) is 4.02. The average molecular weight is 298 g/mol. The van der Waals surface area contributed by atoms with Gasteiger partial charge in [0.05, 0.1) is 6.10 Å². The lowest BCUT2D eigenvalue weighted by atomic mass is 9.84. The van der Waals surface area contributed by atoms with Crippen LogP contribution in [0.3, 0.4) is 0 Å². The Morgan fingerprint density at radius 1 is 1.35 bits per heavy atom. The number of piperidine rings is 1. The molecule has 0 amide bonds. The van der Waals surface area contributed by atoms with Crippen LogP contribution in [0.1, 0.15) is 31.2 Å². The van der Waals surface area contributed by atoms with E-state index in [9.17, 15) is 9.50 Å². The third kappa shape index (κ3) is 2.59. The molecular formula is C16H21ClFNO. The zero-order chi connectivity index (χ0) is 14.3. The standard InChI is InChI=1S/C16H21ClFNO/c1-19-11-5-6-12(19)8-10(7-11)16(20)9-13-14(17)3-2-4-15(13)18/h2-4,10-12,16,20H,5-9H2,1H3. The summed E-state index contributed by atoms with van der Waals surface area (Å²) in [6, 6.07) is 5.87. The second kappa shape index (κ2) is 5.63. The van der Waals surface area contributed by atoms with E-state index in [0.717, 1.165) is 12.8 Å². The van der Waals surface area contributed by atoms with Crippen molar-refractivity contribution in [1.82, 2.24) is 4.90 Å². The van der Waals surface area contributed by atoms with Gasteiger partial charge in [0, 0.05) is 29.1 Å². The first-order valence-electron chi connectivity index (χ1n) is 7.39. The van der Waals surface area contributed by atoms with Crippen molar-refractivity contribution in [3.8, 4) is 0 Å². The fraction of sp³-hybridized carbons (Fsp3) is 0.625. The molecule has 3 rings (SSSR count). The highest BCUT2D eigenvalue weighted by Gasteiger charge is 2.40. The maximum Gasteiger partial charge on any atom is 0.127 e. The third-order valence-electron chi connectivity index (χ3n) is 5.15. The zero-order valence-electron chi connectivity index (χ0n) is 11.7. The van der Waals surface area contributed by atoms with Crippen LogP contribution in [0.5, 0.6) is 0 Å². The topological polar surface area (TPSA) is 23.5 Å². The number of rotatable bonds is 3. The van der Waals surface area contributed by atoms with Gasteiger partial charge in [-0.1, -0.05) is 17.7 Å². The van der Waals surface area contributed by atoms with Crippen molar-refractivity contribution in [2.75, 3.05) is 7.05 Å². The monoisotopic (exact) mass is 297 g/mol. The predicted octanol–water partition coefficient (Wildman–Crippen LogP) is 3.26. The molecule has 0 saturated carbocycles. The first-order valence-corrected chi connectivity index (χ1v) is 7.77. The van der Waals surface area contributed by atoms with E-state index in [1.165, 1.54) is 18.9 Å². The average Bonchev–Trinajstić information content (AvgIpc) is 2.65. The summed E-state index contributed by atoms with van der Waals surface area (Å²) < 4.78 is 13.8. The van der Waals surface area contributed by atoms with Crippen LogP contribution in [0.2, 0.25) is 5.02 Å². The molecule has 2 fully saturated rings. The molecule has 2 aliphatic rings. The Hall–Kier alpha value is -0.640. The van der Waals surface area contributed by atoms with Gasteiger partial charge in [-0.2, -0.15) is 0 Å². The smallest absolute Gasteiger partial charge is 0.127 e. The van der Waals surface area contributed by atoms with Crippen molar-refractivity contribution < 1.29 is 9.50 Å². The molecule has 1 aromatic carbocycles. The quantitative estimate of drug-likeness (QED) is 0.926. The van der Waals surface area contributed by atoms with Gasteiger partial charge in [0.25, 0.3) is 0 Å². The summed E-state index contributed by atoms with van der Waals surface area (Å²) in [7, 11) is 2.18. The summed E-state index contributed by atoms with van der Waals surface area (Å²) in [6.45, 7) is 0. The molecule has 0 spiro atoms. The van der Waals surface area contributed by atoms with Gasteiger partial charge in [-0.15, -0.1) is 0 Å². The molecule has 0 aromatic heterocycles. The molecule has 2 heterocycles. The van der Waals surface area contributed by atoms with Crippen LogP contribution in [-0.4, -0.2) is 35.2 Å². The largest absolute Gasteiger partial charge is 0.392 e. The van der Waals surface area contributed by atoms with E-state index in [1.807, 2.05) is 0 Å². The molecular weight excluding hydrogens is 277 g/mol. The number of halogens is 2. The molecule has 3 unspecified atom stereocenters. The maximum absolute atomic E-state index is 13.8. The van der Waals surface area contributed by atoms with Gasteiger partial charge >= 0.3 is 0 Å². The van der Waals surface area contributed by atoms with E-state index >= 15 is 0 Å². The minimum Gasteiger partial charge on any atom is -0.392 e. The van der Waals surface area contributed by atoms with Crippen LogP contribution in [0.4, 0.5) is 4.39 Å². The summed E-state index contributed by atoms with van der Waals surface area (Å²) in [6.07, 6.45) is 4.30. The van der Waals surface area contributed by atoms with Crippen molar-refractivity contribution in [3.05, 3.63) is 34.6 Å². The number of aliphatic hydroxyl groups is 1. The Balaban J connectivity index is 1.70. The van der Waals surface area contributed by atoms with Crippen molar-refractivity contribution in [3.63, 3.8) is 0 Å². The molecule has 2 aliphatic heterocycles. The molecule has 0 radical (unpaired) electrons. The number of benzene rings is 1. The van der Waals surface area contributed by atoms with Gasteiger partial charge in [0.1, 0.15) is 5.82 Å². The molecule has 4 heteroatoms. The molecule has 20 heavy (non-hydrogen) atoms. The van der Waals surface area contributed by atoms with Gasteiger partial charge in [0.15, 0.2) is 0 Å². The Labute approximate surface area is 124 Å². The summed E-state index contributed by atoms with van der Waals surface area (Å²) in [5, 5.41) is 10.9. The minimum atomic E-state index is -0.499. The van der Waals surface area contributed by atoms with Gasteiger partial charge in [-0.3, -0.25) is 0 Å². The van der Waals surface area contributed by atoms with E-state index in [4.69, 9.17) is 11.6 Å². The molecule has 2 nitrogen and oxygen atoms in total. The molecule has 1 N–H and O–H groups in total. The minimum absolute atomic E-state index is 0.263. The molecule has 2 saturated heterocycles. The highest BCUT2D eigenvalue weighted by molar-refractivity contribution is 6.31. The highest BCUT2D eigenvalue weighted by atomic mass is 35.5. The number of hydrogen-bond acceptors (Lipinski definition) is 2. The SMILES string of the molecule is CN1C2CCC1CC(C(O)Cc1c(F)cccc1Cl)C2. The van der Waals surface area contributed by atoms with Crippen molar-refractivity contribution in [2.45, 2.75) is 50.3 Å². The number of nitrogens with zero attached hydrogens (tertiary/aromatic N) is 1. The van der Waals surface area contributed by atoms with E-state index in [2.05, 4.69) is 11.9 Å². The van der Waals surface area contributed by atoms with Crippen LogP contribution in [0.25, 0.3) is 0 Å². The van der Waals surface area contributed by atoms with Crippen LogP contribution in [0.15, 0.2) is 18.2 Å². The normalized spacial score (nSPS) is 31.5. The van der Waals surface area contributed by atoms with Crippen molar-refractivity contribution in [1.29, 1.82) is 0 Å². The number of hydrogen-bond donors (Lipinski definition) is 1. The van der Waals surface area contributed by atoms with E-state index in [0.29, 0.717) is 29.1 Å². The zero-order valence-corrected chi connectivity index (χ0v) is 12.5. The first kappa shape index (κ1) is 14.3. The van der Waals surface area contributed by atoms with Gasteiger partial charge < -0.3 is 10.0 Å². The lowest BCUT2D eigenvalue weighted by Crippen LogP contribution is -2.43. The summed E-state index contributed by atoms with van der Waals surface area (Å²) >= 11 is 6.05. The molecule has 1 aromatic rings. The predicted molar refractivity (Wildman–Crippen MR) is 78.4 cm³/mol. The van der Waals surface area contributed by atoms with Gasteiger partial charge in [-0.25, -0.2) is 4.39 Å². The van der Waals surface area contributed by atoms with Gasteiger partial charge in [-0.05, 0) is 50.8 Å². The molecule has 2 bridgehead atoms. The highest BCUT2D eigenvalue weighted by Crippen LogP contribution is 2.39. The number of fused-ring (bicyclic) bond motifs is 2. The van der Waals surface area contributed by atoms with E-state index in [1.54, 1.807) is 12.1 Å². The second-order valence-electron chi connectivity index (χ2n) is 6.25. The van der Waals surface area contributed by atoms with Crippen molar-refractivity contribution >= 4 is 11.6 Å². The van der Waals surface area contributed by atoms with Crippen LogP contribution < -0.4 is 0 Å². The fourth-order valence-electron chi connectivity index (χ4n) is 3.87. The van der Waals surface area contributed by atoms with Crippen molar-refractivity contribution in [2.24, 2.45) is 5.92 Å². The maximum atomic E-state index is 13.8. The third-order valence-corrected chi connectivity index (χ3v) is 5.51. The summed E-state index contributed by atoms with van der Waals surface area (Å²) in [4.78, 5) is 2.44. The summed E-state index contributed by atoms with van der Waals surface area (Å²) in [5.74, 6) is -0.0492. The number of aliphatic hydroxyl groups excluding tert-OH is 1. The van der Waals surface area contributed by atoms with Crippen LogP contribution >= 0.6 is 11.6 Å². The molecule has 3 atom stereocenters. The molecule has 0 aliphatic carbocycles. The Bertz CT molecular complexity index is 461. The van der Waals surface area contributed by atoms with E-state index in [-0.39, 0.29) is 11.7 Å². The molecule has 110 valence electrons. The lowest BCUT2D eigenvalue weighted by molar-refractivity contribution is 0.0364. The first-order chi connectivity index (χ1) is 9.56. The Morgan fingerprint density at radius 2 is 2.00 bits per heavy atom. The van der Waals surface area contributed by atoms with Crippen LogP contribution in [0, 0.1) is 11.7 Å². The fourth-order valence-corrected chi connectivity index (χ4v) is 4.11. The van der Waals surface area contributed by atoms with E-state index < -0.39 is 6.10 Å². The lowest BCUT2D eigenvalue weighted by Gasteiger charge is -2.38. The van der Waals surface area contributed by atoms with Crippen LogP contribution in [-0.2, 0) is 6.42 Å². The Morgan fingerprint density at radius 3 is 2.60 bits per heavy atom.